The smallest absolute Gasteiger partial charge is 0.194 e. The maximum atomic E-state index is 6.01. The van der Waals surface area contributed by atoms with Crippen molar-refractivity contribution in [1.82, 2.24) is 5.32 Å². The summed E-state index contributed by atoms with van der Waals surface area (Å²) in [6.45, 7) is 1.78. The maximum absolute atomic E-state index is 6.01. The third kappa shape index (κ3) is 4.71. The molecule has 0 saturated carbocycles. The molecule has 0 radical (unpaired) electrons. The van der Waals surface area contributed by atoms with E-state index in [1.54, 1.807) is 0 Å². The van der Waals surface area contributed by atoms with Crippen molar-refractivity contribution in [3.8, 4) is 0 Å². The highest BCUT2D eigenvalue weighted by molar-refractivity contribution is 7.80. The summed E-state index contributed by atoms with van der Waals surface area (Å²) in [5.74, 6) is 0.430. The molecule has 6 heteroatoms. The average Bonchev–Trinajstić information content (AvgIpc) is 3.10. The van der Waals surface area contributed by atoms with Crippen LogP contribution in [0.2, 0.25) is 5.02 Å². The fraction of sp³-hybridized carbons (Fsp3) is 0.263. The van der Waals surface area contributed by atoms with Crippen LogP contribution in [0.5, 0.6) is 0 Å². The Morgan fingerprint density at radius 1 is 1.20 bits per heavy atom. The van der Waals surface area contributed by atoms with Gasteiger partial charge in [0.25, 0.3) is 0 Å². The molecule has 1 aliphatic rings. The quantitative estimate of drug-likeness (QED) is 0.489. The summed E-state index contributed by atoms with van der Waals surface area (Å²) in [4.78, 5) is 6.68. The van der Waals surface area contributed by atoms with Crippen LogP contribution in [0.3, 0.4) is 0 Å². The van der Waals surface area contributed by atoms with Crippen LogP contribution in [-0.2, 0) is 0 Å². The lowest BCUT2D eigenvalue weighted by molar-refractivity contribution is 0.644. The standard InChI is InChI=1S/C19H21ClN4S/c20-15-8-10-16(11-9-15)24-12-4-7-17(24)13-22-19(25)23-18(21)14-5-2-1-3-6-14/h1-3,5-6,8-11,17H,4,7,12-13H2,(H3,21,22,23,25). The first-order chi connectivity index (χ1) is 12.1. The summed E-state index contributed by atoms with van der Waals surface area (Å²) in [5.41, 5.74) is 8.07. The normalized spacial score (nSPS) is 17.6. The van der Waals surface area contributed by atoms with Gasteiger partial charge in [-0.25, -0.2) is 4.99 Å². The minimum absolute atomic E-state index is 0.382. The van der Waals surface area contributed by atoms with Crippen LogP contribution in [-0.4, -0.2) is 30.1 Å². The highest BCUT2D eigenvalue weighted by atomic mass is 35.5. The molecule has 0 amide bonds. The molecule has 1 aliphatic heterocycles. The minimum Gasteiger partial charge on any atom is -0.383 e. The molecule has 0 bridgehead atoms. The molecule has 0 aromatic heterocycles. The zero-order valence-corrected chi connectivity index (χ0v) is 15.4. The molecule has 0 spiro atoms. The number of aliphatic imine (C=N–C) groups is 1. The molecular weight excluding hydrogens is 352 g/mol. The van der Waals surface area contributed by atoms with E-state index in [1.165, 1.54) is 5.69 Å². The van der Waals surface area contributed by atoms with Gasteiger partial charge < -0.3 is 16.0 Å². The lowest BCUT2D eigenvalue weighted by atomic mass is 10.2. The zero-order chi connectivity index (χ0) is 17.6. The second kappa shape index (κ2) is 8.32. The van der Waals surface area contributed by atoms with Crippen molar-refractivity contribution in [1.29, 1.82) is 0 Å². The molecule has 2 aromatic carbocycles. The molecule has 1 atom stereocenters. The largest absolute Gasteiger partial charge is 0.383 e. The summed E-state index contributed by atoms with van der Waals surface area (Å²) in [6.07, 6.45) is 2.28. The van der Waals surface area contributed by atoms with E-state index in [2.05, 4.69) is 27.3 Å². The van der Waals surface area contributed by atoms with Crippen LogP contribution in [0, 0.1) is 0 Å². The second-order valence-electron chi connectivity index (χ2n) is 6.01. The number of amidine groups is 1. The number of nitrogens with one attached hydrogen (secondary N) is 1. The highest BCUT2D eigenvalue weighted by Crippen LogP contribution is 2.26. The van der Waals surface area contributed by atoms with Crippen molar-refractivity contribution >= 4 is 40.5 Å². The molecular formula is C19H21ClN4S. The Morgan fingerprint density at radius 3 is 2.64 bits per heavy atom. The predicted octanol–water partition coefficient (Wildman–Crippen LogP) is 3.59. The van der Waals surface area contributed by atoms with E-state index >= 15 is 0 Å². The van der Waals surface area contributed by atoms with Crippen molar-refractivity contribution in [2.75, 3.05) is 18.0 Å². The Kier molecular flexibility index (Phi) is 5.89. The topological polar surface area (TPSA) is 53.6 Å². The molecule has 1 saturated heterocycles. The molecule has 0 aliphatic carbocycles. The van der Waals surface area contributed by atoms with Crippen molar-refractivity contribution in [2.45, 2.75) is 18.9 Å². The number of nitrogens with zero attached hydrogens (tertiary/aromatic N) is 2. The number of nitrogens with two attached hydrogens (primary N) is 1. The summed E-state index contributed by atoms with van der Waals surface area (Å²) in [6, 6.07) is 18.0. The lowest BCUT2D eigenvalue weighted by Gasteiger charge is -2.27. The van der Waals surface area contributed by atoms with Crippen molar-refractivity contribution < 1.29 is 0 Å². The van der Waals surface area contributed by atoms with E-state index in [9.17, 15) is 0 Å². The molecule has 2 aromatic rings. The van der Waals surface area contributed by atoms with E-state index in [-0.39, 0.29) is 0 Å². The number of rotatable bonds is 4. The van der Waals surface area contributed by atoms with Crippen molar-refractivity contribution in [3.63, 3.8) is 0 Å². The van der Waals surface area contributed by atoms with Gasteiger partial charge in [0.05, 0.1) is 0 Å². The van der Waals surface area contributed by atoms with E-state index in [4.69, 9.17) is 29.6 Å². The number of hydrogen-bond acceptors (Lipinski definition) is 2. The Hall–Kier alpha value is -2.11. The summed E-state index contributed by atoms with van der Waals surface area (Å²) in [5, 5.41) is 4.41. The van der Waals surface area contributed by atoms with E-state index in [0.717, 1.165) is 36.5 Å². The number of benzene rings is 2. The van der Waals surface area contributed by atoms with Crippen LogP contribution < -0.4 is 16.0 Å². The fourth-order valence-electron chi connectivity index (χ4n) is 3.05. The van der Waals surface area contributed by atoms with Crippen LogP contribution in [0.25, 0.3) is 0 Å². The maximum Gasteiger partial charge on any atom is 0.194 e. The molecule has 4 nitrogen and oxygen atoms in total. The van der Waals surface area contributed by atoms with Gasteiger partial charge in [-0.05, 0) is 49.3 Å². The van der Waals surface area contributed by atoms with Crippen LogP contribution in [0.1, 0.15) is 18.4 Å². The monoisotopic (exact) mass is 372 g/mol. The number of halogens is 1. The third-order valence-corrected chi connectivity index (χ3v) is 4.80. The van der Waals surface area contributed by atoms with Gasteiger partial charge >= 0.3 is 0 Å². The van der Waals surface area contributed by atoms with Gasteiger partial charge in [-0.15, -0.1) is 0 Å². The third-order valence-electron chi connectivity index (χ3n) is 4.32. The van der Waals surface area contributed by atoms with Gasteiger partial charge in [-0.1, -0.05) is 41.9 Å². The van der Waals surface area contributed by atoms with Crippen molar-refractivity contribution in [2.24, 2.45) is 10.7 Å². The molecule has 25 heavy (non-hydrogen) atoms. The van der Waals surface area contributed by atoms with Gasteiger partial charge in [0.15, 0.2) is 5.11 Å². The Labute approximate surface area is 158 Å². The molecule has 3 rings (SSSR count). The number of thiocarbonyl (C=S) groups is 1. The Morgan fingerprint density at radius 2 is 1.92 bits per heavy atom. The first kappa shape index (κ1) is 17.7. The van der Waals surface area contributed by atoms with E-state index in [0.29, 0.717) is 17.0 Å². The van der Waals surface area contributed by atoms with Gasteiger partial charge in [-0.2, -0.15) is 0 Å². The van der Waals surface area contributed by atoms with Crippen LogP contribution in [0.4, 0.5) is 5.69 Å². The Bertz CT molecular complexity index is 746. The van der Waals surface area contributed by atoms with Gasteiger partial charge in [0.2, 0.25) is 0 Å². The second-order valence-corrected chi connectivity index (χ2v) is 6.84. The van der Waals surface area contributed by atoms with Gasteiger partial charge in [0, 0.05) is 35.4 Å². The number of anilines is 1. The van der Waals surface area contributed by atoms with Crippen LogP contribution in [0.15, 0.2) is 59.6 Å². The first-order valence-corrected chi connectivity index (χ1v) is 9.12. The Balaban J connectivity index is 1.58. The SMILES string of the molecule is NC(=NC(=S)NCC1CCCN1c1ccc(Cl)cc1)c1ccccc1. The number of hydrogen-bond donors (Lipinski definition) is 2. The lowest BCUT2D eigenvalue weighted by Crippen LogP contribution is -2.39. The van der Waals surface area contributed by atoms with Gasteiger partial charge in [-0.3, -0.25) is 0 Å². The summed E-state index contributed by atoms with van der Waals surface area (Å²) in [7, 11) is 0. The highest BCUT2D eigenvalue weighted by Gasteiger charge is 2.24. The molecule has 130 valence electrons. The zero-order valence-electron chi connectivity index (χ0n) is 13.9. The molecule has 1 fully saturated rings. The van der Waals surface area contributed by atoms with Gasteiger partial charge in [0.1, 0.15) is 5.84 Å². The van der Waals surface area contributed by atoms with Crippen molar-refractivity contribution in [3.05, 3.63) is 65.2 Å². The summed E-state index contributed by atoms with van der Waals surface area (Å²) < 4.78 is 0. The minimum atomic E-state index is 0.382. The summed E-state index contributed by atoms with van der Waals surface area (Å²) >= 11 is 11.3. The molecule has 3 N–H and O–H groups in total. The fourth-order valence-corrected chi connectivity index (χ4v) is 3.36. The molecule has 1 heterocycles. The predicted molar refractivity (Wildman–Crippen MR) is 110 cm³/mol. The van der Waals surface area contributed by atoms with E-state index in [1.807, 2.05) is 42.5 Å². The van der Waals surface area contributed by atoms with Crippen LogP contribution >= 0.6 is 23.8 Å². The molecule has 1 unspecified atom stereocenters. The average molecular weight is 373 g/mol. The first-order valence-electron chi connectivity index (χ1n) is 8.33. The van der Waals surface area contributed by atoms with E-state index < -0.39 is 0 Å².